The Morgan fingerprint density at radius 3 is 2.81 bits per heavy atom. The summed E-state index contributed by atoms with van der Waals surface area (Å²) in [5.41, 5.74) is 3.61. The van der Waals surface area contributed by atoms with Crippen molar-refractivity contribution in [3.05, 3.63) is 53.6 Å². The molecule has 3 rings (SSSR count). The quantitative estimate of drug-likeness (QED) is 0.673. The van der Waals surface area contributed by atoms with E-state index in [0.29, 0.717) is 10.9 Å². The van der Waals surface area contributed by atoms with Gasteiger partial charge in [-0.3, -0.25) is 4.79 Å². The molecule has 26 heavy (non-hydrogen) atoms. The van der Waals surface area contributed by atoms with Crippen molar-refractivity contribution < 1.29 is 9.53 Å². The molecule has 0 aliphatic heterocycles. The number of aryl methyl sites for hydroxylation is 2. The van der Waals surface area contributed by atoms with Crippen LogP contribution in [0.25, 0.3) is 5.69 Å². The molecule has 0 atom stereocenters. The van der Waals surface area contributed by atoms with E-state index in [1.807, 2.05) is 56.3 Å². The standard InChI is InChI=1S/C18H19N5O2S/c1-12-8-9-16(25-3)15(10-12)23-18(20-21-22-23)26-11-17(24)19-14-7-5-4-6-13(14)2/h4-10H,11H2,1-3H3,(H,19,24). The Balaban J connectivity index is 1.73. The van der Waals surface area contributed by atoms with Gasteiger partial charge in [0.15, 0.2) is 0 Å². The Labute approximate surface area is 155 Å². The van der Waals surface area contributed by atoms with Gasteiger partial charge in [0.05, 0.1) is 12.9 Å². The van der Waals surface area contributed by atoms with Crippen LogP contribution in [0.4, 0.5) is 5.69 Å². The summed E-state index contributed by atoms with van der Waals surface area (Å²) < 4.78 is 6.97. The first-order chi connectivity index (χ1) is 12.6. The van der Waals surface area contributed by atoms with Gasteiger partial charge in [-0.2, -0.15) is 4.68 Å². The van der Waals surface area contributed by atoms with Crippen molar-refractivity contribution in [3.63, 3.8) is 0 Å². The van der Waals surface area contributed by atoms with E-state index in [0.717, 1.165) is 22.5 Å². The molecule has 0 radical (unpaired) electrons. The van der Waals surface area contributed by atoms with Crippen molar-refractivity contribution in [1.82, 2.24) is 20.2 Å². The van der Waals surface area contributed by atoms with Crippen LogP contribution in [0.15, 0.2) is 47.6 Å². The number of aromatic nitrogens is 4. The third-order valence-corrected chi connectivity index (χ3v) is 4.67. The van der Waals surface area contributed by atoms with E-state index in [-0.39, 0.29) is 11.7 Å². The van der Waals surface area contributed by atoms with Gasteiger partial charge in [0.1, 0.15) is 11.4 Å². The highest BCUT2D eigenvalue weighted by atomic mass is 32.2. The van der Waals surface area contributed by atoms with Gasteiger partial charge in [0.25, 0.3) is 0 Å². The summed E-state index contributed by atoms with van der Waals surface area (Å²) in [6.45, 7) is 3.93. The van der Waals surface area contributed by atoms with Crippen molar-refractivity contribution in [1.29, 1.82) is 0 Å². The lowest BCUT2D eigenvalue weighted by atomic mass is 10.2. The molecule has 0 aliphatic rings. The topological polar surface area (TPSA) is 81.9 Å². The fraction of sp³-hybridized carbons (Fsp3) is 0.222. The summed E-state index contributed by atoms with van der Waals surface area (Å²) in [5.74, 6) is 0.743. The predicted molar refractivity (Wildman–Crippen MR) is 101 cm³/mol. The fourth-order valence-electron chi connectivity index (χ4n) is 2.42. The van der Waals surface area contributed by atoms with Crippen molar-refractivity contribution >= 4 is 23.4 Å². The van der Waals surface area contributed by atoms with Crippen LogP contribution in [0.1, 0.15) is 11.1 Å². The van der Waals surface area contributed by atoms with Gasteiger partial charge < -0.3 is 10.1 Å². The number of hydrogen-bond acceptors (Lipinski definition) is 6. The smallest absolute Gasteiger partial charge is 0.234 e. The number of ether oxygens (including phenoxy) is 1. The van der Waals surface area contributed by atoms with E-state index in [1.54, 1.807) is 11.8 Å². The number of benzene rings is 2. The normalized spacial score (nSPS) is 10.6. The second-order valence-electron chi connectivity index (χ2n) is 5.70. The number of carbonyl (C=O) groups is 1. The minimum absolute atomic E-state index is 0.116. The van der Waals surface area contributed by atoms with E-state index in [4.69, 9.17) is 4.74 Å². The molecule has 0 unspecified atom stereocenters. The van der Waals surface area contributed by atoms with Crippen LogP contribution in [0.3, 0.4) is 0 Å². The van der Waals surface area contributed by atoms with Gasteiger partial charge in [-0.1, -0.05) is 36.0 Å². The number of amides is 1. The van der Waals surface area contributed by atoms with Crippen LogP contribution in [0.5, 0.6) is 5.75 Å². The average molecular weight is 369 g/mol. The zero-order chi connectivity index (χ0) is 18.5. The Morgan fingerprint density at radius 1 is 1.23 bits per heavy atom. The molecule has 0 fully saturated rings. The zero-order valence-electron chi connectivity index (χ0n) is 14.8. The molecule has 8 heteroatoms. The van der Waals surface area contributed by atoms with Crippen molar-refractivity contribution in [2.24, 2.45) is 0 Å². The maximum Gasteiger partial charge on any atom is 0.234 e. The summed E-state index contributed by atoms with van der Waals surface area (Å²) in [5, 5.41) is 15.2. The van der Waals surface area contributed by atoms with Crippen LogP contribution >= 0.6 is 11.8 Å². The number of thioether (sulfide) groups is 1. The molecule has 0 bridgehead atoms. The van der Waals surface area contributed by atoms with Gasteiger partial charge in [0, 0.05) is 5.69 Å². The van der Waals surface area contributed by atoms with E-state index in [2.05, 4.69) is 20.8 Å². The van der Waals surface area contributed by atoms with Gasteiger partial charge in [-0.05, 0) is 53.6 Å². The van der Waals surface area contributed by atoms with Gasteiger partial charge in [-0.25, -0.2) is 0 Å². The first-order valence-corrected chi connectivity index (χ1v) is 8.98. The summed E-state index contributed by atoms with van der Waals surface area (Å²) >= 11 is 1.27. The highest BCUT2D eigenvalue weighted by Crippen LogP contribution is 2.27. The lowest BCUT2D eigenvalue weighted by molar-refractivity contribution is -0.113. The maximum atomic E-state index is 12.3. The molecular weight excluding hydrogens is 350 g/mol. The molecular formula is C18H19N5O2S. The molecule has 134 valence electrons. The number of hydrogen-bond donors (Lipinski definition) is 1. The van der Waals surface area contributed by atoms with Crippen molar-refractivity contribution in [3.8, 4) is 11.4 Å². The molecule has 1 N–H and O–H groups in total. The fourth-order valence-corrected chi connectivity index (χ4v) is 3.10. The number of anilines is 1. The van der Waals surface area contributed by atoms with Crippen molar-refractivity contribution in [2.45, 2.75) is 19.0 Å². The predicted octanol–water partition coefficient (Wildman–Crippen LogP) is 3.02. The maximum absolute atomic E-state index is 12.3. The van der Waals surface area contributed by atoms with Crippen LogP contribution in [-0.4, -0.2) is 39.0 Å². The number of para-hydroxylation sites is 1. The summed E-state index contributed by atoms with van der Waals surface area (Å²) in [4.78, 5) is 12.3. The molecule has 3 aromatic rings. The molecule has 1 heterocycles. The molecule has 1 amide bonds. The van der Waals surface area contributed by atoms with Crippen LogP contribution in [-0.2, 0) is 4.79 Å². The number of methoxy groups -OCH3 is 1. The number of carbonyl (C=O) groups excluding carboxylic acids is 1. The van der Waals surface area contributed by atoms with E-state index in [1.165, 1.54) is 11.8 Å². The summed E-state index contributed by atoms with van der Waals surface area (Å²) in [7, 11) is 1.60. The largest absolute Gasteiger partial charge is 0.494 e. The molecule has 0 spiro atoms. The SMILES string of the molecule is COc1ccc(C)cc1-n1nnnc1SCC(=O)Nc1ccccc1C. The number of tetrazole rings is 1. The Kier molecular flexibility index (Phi) is 5.52. The van der Waals surface area contributed by atoms with Crippen LogP contribution < -0.4 is 10.1 Å². The number of nitrogens with one attached hydrogen (secondary N) is 1. The van der Waals surface area contributed by atoms with E-state index >= 15 is 0 Å². The molecule has 2 aromatic carbocycles. The second kappa shape index (κ2) is 8.01. The monoisotopic (exact) mass is 369 g/mol. The number of rotatable bonds is 6. The summed E-state index contributed by atoms with van der Waals surface area (Å²) in [6.07, 6.45) is 0. The van der Waals surface area contributed by atoms with Gasteiger partial charge in [-0.15, -0.1) is 5.10 Å². The molecule has 0 saturated heterocycles. The third-order valence-electron chi connectivity index (χ3n) is 3.75. The average Bonchev–Trinajstić information content (AvgIpc) is 3.10. The highest BCUT2D eigenvalue weighted by molar-refractivity contribution is 7.99. The van der Waals surface area contributed by atoms with E-state index < -0.39 is 0 Å². The van der Waals surface area contributed by atoms with Gasteiger partial charge >= 0.3 is 0 Å². The zero-order valence-corrected chi connectivity index (χ0v) is 15.6. The Morgan fingerprint density at radius 2 is 2.04 bits per heavy atom. The summed E-state index contributed by atoms with van der Waals surface area (Å²) in [6, 6.07) is 13.4. The Bertz CT molecular complexity index is 925. The molecule has 0 aliphatic carbocycles. The first kappa shape index (κ1) is 17.9. The minimum atomic E-state index is -0.116. The highest BCUT2D eigenvalue weighted by Gasteiger charge is 2.15. The van der Waals surface area contributed by atoms with E-state index in [9.17, 15) is 4.79 Å². The second-order valence-corrected chi connectivity index (χ2v) is 6.64. The van der Waals surface area contributed by atoms with Crippen LogP contribution in [0, 0.1) is 13.8 Å². The molecule has 1 aromatic heterocycles. The minimum Gasteiger partial charge on any atom is -0.494 e. The lowest BCUT2D eigenvalue weighted by Gasteiger charge is -2.10. The van der Waals surface area contributed by atoms with Crippen LogP contribution in [0.2, 0.25) is 0 Å². The first-order valence-electron chi connectivity index (χ1n) is 8.00. The third kappa shape index (κ3) is 4.02. The molecule has 7 nitrogen and oxygen atoms in total. The molecule has 0 saturated carbocycles. The van der Waals surface area contributed by atoms with Gasteiger partial charge in [0.2, 0.25) is 11.1 Å². The Hall–Kier alpha value is -2.87. The van der Waals surface area contributed by atoms with Crippen molar-refractivity contribution in [2.75, 3.05) is 18.2 Å². The lowest BCUT2D eigenvalue weighted by Crippen LogP contribution is -2.15. The number of nitrogens with zero attached hydrogens (tertiary/aromatic N) is 4.